The number of ketones is 1. The third kappa shape index (κ3) is 5.46. The Morgan fingerprint density at radius 2 is 1.86 bits per heavy atom. The fraction of sp³-hybridized carbons (Fsp3) is 0.750. The van der Waals surface area contributed by atoms with E-state index in [0.29, 0.717) is 29.8 Å². The maximum absolute atomic E-state index is 13.3. The van der Waals surface area contributed by atoms with Crippen LogP contribution in [0.15, 0.2) is 16.3 Å². The van der Waals surface area contributed by atoms with Crippen LogP contribution in [0.2, 0.25) is 0 Å². The summed E-state index contributed by atoms with van der Waals surface area (Å²) in [5, 5.41) is 21.9. The van der Waals surface area contributed by atoms with Crippen molar-refractivity contribution in [1.82, 2.24) is 4.98 Å². The number of rotatable bonds is 2. The highest BCUT2D eigenvalue weighted by Crippen LogP contribution is 2.56. The predicted molar refractivity (Wildman–Crippen MR) is 133 cm³/mol. The minimum Gasteiger partial charge on any atom is -0.458 e. The third-order valence-corrected chi connectivity index (χ3v) is 8.87. The van der Waals surface area contributed by atoms with E-state index >= 15 is 0 Å². The Morgan fingerprint density at radius 1 is 1.17 bits per heavy atom. The zero-order chi connectivity index (χ0) is 26.6. The van der Waals surface area contributed by atoms with Crippen molar-refractivity contribution in [3.8, 4) is 0 Å². The lowest BCUT2D eigenvalue weighted by atomic mass is 9.72. The van der Waals surface area contributed by atoms with E-state index in [1.54, 1.807) is 34.0 Å². The van der Waals surface area contributed by atoms with Crippen LogP contribution in [0.5, 0.6) is 0 Å². The van der Waals surface area contributed by atoms with Crippen molar-refractivity contribution in [3.63, 3.8) is 0 Å². The van der Waals surface area contributed by atoms with Gasteiger partial charge in [0.15, 0.2) is 5.89 Å². The van der Waals surface area contributed by atoms with E-state index in [-0.39, 0.29) is 29.8 Å². The molecule has 2 N–H and O–H groups in total. The second-order valence-electron chi connectivity index (χ2n) is 12.1. The Bertz CT molecular complexity index is 1030. The number of aromatic nitrogens is 1. The smallest absolute Gasteiger partial charge is 0.309 e. The number of hydrogen-bond donors (Lipinski definition) is 2. The molecule has 1 aliphatic carbocycles. The Kier molecular flexibility index (Phi) is 7.27. The van der Waals surface area contributed by atoms with Gasteiger partial charge in [0.25, 0.3) is 0 Å². The van der Waals surface area contributed by atoms with Gasteiger partial charge in [0.05, 0.1) is 35.7 Å². The lowest BCUT2D eigenvalue weighted by Crippen LogP contribution is -2.46. The number of epoxide rings is 1. The second kappa shape index (κ2) is 9.69. The van der Waals surface area contributed by atoms with E-state index in [9.17, 15) is 19.8 Å². The number of nitrogens with zero attached hydrogens (tertiary/aromatic N) is 1. The molecule has 0 bridgehead atoms. The molecule has 2 saturated heterocycles. The topological polar surface area (TPSA) is 122 Å². The van der Waals surface area contributed by atoms with Crippen LogP contribution in [0.25, 0.3) is 6.08 Å². The molecule has 1 aromatic rings. The van der Waals surface area contributed by atoms with Gasteiger partial charge in [-0.1, -0.05) is 27.7 Å². The maximum Gasteiger partial charge on any atom is 0.309 e. The summed E-state index contributed by atoms with van der Waals surface area (Å²) in [7, 11) is 0. The van der Waals surface area contributed by atoms with Crippen molar-refractivity contribution in [2.45, 2.75) is 104 Å². The summed E-state index contributed by atoms with van der Waals surface area (Å²) in [6.07, 6.45) is 2.76. The fourth-order valence-corrected chi connectivity index (χ4v) is 5.97. The SMILES string of the molecule is CC(=Cc1coc(C)n1)[C@@H]1CC2OC2(C)CC2CC2[C@H](C)[C@H](O)[C@@H](C)C(=O)C(C)(C)[C@@H](O)CC(=O)O1. The van der Waals surface area contributed by atoms with E-state index in [4.69, 9.17) is 13.9 Å². The van der Waals surface area contributed by atoms with Crippen molar-refractivity contribution < 1.29 is 33.7 Å². The summed E-state index contributed by atoms with van der Waals surface area (Å²) < 4.78 is 17.3. The minimum absolute atomic E-state index is 0.0376. The molecule has 2 aliphatic heterocycles. The van der Waals surface area contributed by atoms with Gasteiger partial charge >= 0.3 is 5.97 Å². The number of aryl methyl sites for hydroxylation is 1. The first-order chi connectivity index (χ1) is 16.7. The van der Waals surface area contributed by atoms with Crippen LogP contribution in [0.1, 0.15) is 78.8 Å². The molecule has 0 aromatic carbocycles. The van der Waals surface area contributed by atoms with Crippen molar-refractivity contribution in [3.05, 3.63) is 23.4 Å². The van der Waals surface area contributed by atoms with Crippen LogP contribution in [0.4, 0.5) is 0 Å². The van der Waals surface area contributed by atoms with Crippen molar-refractivity contribution in [1.29, 1.82) is 0 Å². The molecule has 1 aromatic heterocycles. The number of oxazole rings is 1. The number of fused-ring (bicyclic) bond motifs is 2. The molecule has 3 aliphatic rings. The number of Topliss-reactive ketones (excluding diaryl/α,β-unsaturated/α-hetero) is 1. The Morgan fingerprint density at radius 3 is 2.50 bits per heavy atom. The van der Waals surface area contributed by atoms with E-state index in [1.165, 1.54) is 0 Å². The highest BCUT2D eigenvalue weighted by atomic mass is 16.6. The largest absolute Gasteiger partial charge is 0.458 e. The van der Waals surface area contributed by atoms with E-state index in [0.717, 1.165) is 18.4 Å². The molecule has 36 heavy (non-hydrogen) atoms. The molecule has 3 heterocycles. The molecular weight excluding hydrogens is 462 g/mol. The lowest BCUT2D eigenvalue weighted by Gasteiger charge is -2.34. The van der Waals surface area contributed by atoms with Crippen LogP contribution < -0.4 is 0 Å². The molecule has 8 nitrogen and oxygen atoms in total. The van der Waals surface area contributed by atoms with Gasteiger partial charge in [-0.25, -0.2) is 4.98 Å². The number of aliphatic hydroxyl groups is 2. The van der Waals surface area contributed by atoms with Crippen LogP contribution in [-0.2, 0) is 19.1 Å². The first-order valence-corrected chi connectivity index (χ1v) is 13.1. The van der Waals surface area contributed by atoms with Crippen molar-refractivity contribution in [2.75, 3.05) is 0 Å². The normalized spacial score (nSPS) is 41.8. The Hall–Kier alpha value is -2.03. The zero-order valence-corrected chi connectivity index (χ0v) is 22.5. The summed E-state index contributed by atoms with van der Waals surface area (Å²) >= 11 is 0. The van der Waals surface area contributed by atoms with E-state index in [2.05, 4.69) is 11.9 Å². The standard InChI is InChI=1S/C28H41NO7/c1-14(8-19-13-34-17(4)29-19)21-10-23-28(7,36-23)12-18-9-20(18)15(2)25(32)16(3)26(33)27(5,6)22(30)11-24(31)35-21/h8,13,15-16,18,20-23,25,30,32H,9-12H2,1-7H3/t15-,16+,18?,20?,21-,22-,23?,25-,28?/m0/s1. The first kappa shape index (κ1) is 27.0. The molecule has 4 rings (SSSR count). The van der Waals surface area contributed by atoms with Crippen LogP contribution in [-0.4, -0.2) is 57.0 Å². The number of aliphatic hydroxyl groups excluding tert-OH is 2. The van der Waals surface area contributed by atoms with Gasteiger partial charge in [-0.2, -0.15) is 0 Å². The van der Waals surface area contributed by atoms with Crippen LogP contribution in [0.3, 0.4) is 0 Å². The second-order valence-corrected chi connectivity index (χ2v) is 12.1. The average molecular weight is 504 g/mol. The minimum atomic E-state index is -1.24. The maximum atomic E-state index is 13.3. The lowest BCUT2D eigenvalue weighted by molar-refractivity contribution is -0.154. The number of cyclic esters (lactones) is 1. The summed E-state index contributed by atoms with van der Waals surface area (Å²) in [4.78, 5) is 30.6. The number of carbonyl (C=O) groups excluding carboxylic acids is 2. The predicted octanol–water partition coefficient (Wildman–Crippen LogP) is 3.86. The summed E-state index contributed by atoms with van der Waals surface area (Å²) in [6.45, 7) is 12.7. The Balaban J connectivity index is 1.59. The van der Waals surface area contributed by atoms with E-state index < -0.39 is 35.6 Å². The molecule has 0 spiro atoms. The van der Waals surface area contributed by atoms with Crippen LogP contribution in [0, 0.1) is 36.0 Å². The molecular formula is C28H41NO7. The molecule has 4 unspecified atom stereocenters. The van der Waals surface area contributed by atoms with Gasteiger partial charge in [0.2, 0.25) is 0 Å². The quantitative estimate of drug-likeness (QED) is 0.461. The van der Waals surface area contributed by atoms with Gasteiger partial charge in [-0.15, -0.1) is 0 Å². The molecule has 8 heteroatoms. The first-order valence-electron chi connectivity index (χ1n) is 13.1. The molecule has 3 fully saturated rings. The summed E-state index contributed by atoms with van der Waals surface area (Å²) in [5.41, 5.74) is -0.0768. The third-order valence-electron chi connectivity index (χ3n) is 8.87. The zero-order valence-electron chi connectivity index (χ0n) is 22.5. The number of carbonyl (C=O) groups is 2. The Labute approximate surface area is 213 Å². The highest BCUT2D eigenvalue weighted by Gasteiger charge is 2.58. The number of hydrogen-bond acceptors (Lipinski definition) is 8. The summed E-state index contributed by atoms with van der Waals surface area (Å²) in [5.74, 6) is -0.222. The van der Waals surface area contributed by atoms with Crippen molar-refractivity contribution >= 4 is 17.8 Å². The van der Waals surface area contributed by atoms with Gasteiger partial charge in [0.1, 0.15) is 23.8 Å². The molecule has 200 valence electrons. The molecule has 0 radical (unpaired) electrons. The number of ether oxygens (including phenoxy) is 2. The van der Waals surface area contributed by atoms with Crippen LogP contribution >= 0.6 is 0 Å². The van der Waals surface area contributed by atoms with Gasteiger partial charge in [-0.05, 0) is 56.1 Å². The molecule has 0 amide bonds. The van der Waals surface area contributed by atoms with Gasteiger partial charge in [0, 0.05) is 19.3 Å². The monoisotopic (exact) mass is 503 g/mol. The molecule has 9 atom stereocenters. The molecule has 1 saturated carbocycles. The van der Waals surface area contributed by atoms with Gasteiger partial charge < -0.3 is 24.1 Å². The summed E-state index contributed by atoms with van der Waals surface area (Å²) in [6, 6.07) is 0. The fourth-order valence-electron chi connectivity index (χ4n) is 5.97. The highest BCUT2D eigenvalue weighted by molar-refractivity contribution is 5.88. The van der Waals surface area contributed by atoms with Gasteiger partial charge in [-0.3, -0.25) is 9.59 Å². The average Bonchev–Trinajstić information content (AvgIpc) is 3.66. The van der Waals surface area contributed by atoms with Crippen molar-refractivity contribution in [2.24, 2.45) is 29.1 Å². The number of esters is 1. The van der Waals surface area contributed by atoms with E-state index in [1.807, 2.05) is 19.9 Å².